The molecule has 0 aromatic carbocycles. The van der Waals surface area contributed by atoms with Gasteiger partial charge in [0, 0.05) is 23.8 Å². The number of hydrogen-bond acceptors (Lipinski definition) is 3. The fourth-order valence-electron chi connectivity index (χ4n) is 3.46. The molecule has 1 aromatic heterocycles. The van der Waals surface area contributed by atoms with Crippen molar-refractivity contribution in [3.05, 3.63) is 28.5 Å². The van der Waals surface area contributed by atoms with Gasteiger partial charge in [-0.2, -0.15) is 0 Å². The zero-order valence-corrected chi connectivity index (χ0v) is 12.5. The van der Waals surface area contributed by atoms with Gasteiger partial charge in [0.05, 0.1) is 5.41 Å². The lowest BCUT2D eigenvalue weighted by Gasteiger charge is -2.23. The summed E-state index contributed by atoms with van der Waals surface area (Å²) in [6.07, 6.45) is 4.08. The zero-order chi connectivity index (χ0) is 14.3. The number of carboxylic acids is 1. The van der Waals surface area contributed by atoms with Gasteiger partial charge in [-0.25, -0.2) is 4.98 Å². The number of rotatable bonds is 2. The molecule has 0 bridgehead atoms. The molecule has 1 aromatic rings. The molecule has 1 saturated heterocycles. The number of pyridine rings is 1. The van der Waals surface area contributed by atoms with Crippen LogP contribution in [0.25, 0.3) is 0 Å². The fourth-order valence-corrected chi connectivity index (χ4v) is 3.69. The topological polar surface area (TPSA) is 70.5 Å². The van der Waals surface area contributed by atoms with E-state index in [9.17, 15) is 14.7 Å². The number of aromatic nitrogens is 1. The minimum atomic E-state index is -0.765. The van der Waals surface area contributed by atoms with Crippen LogP contribution in [0.2, 0.25) is 0 Å². The van der Waals surface area contributed by atoms with E-state index in [2.05, 4.69) is 20.9 Å². The van der Waals surface area contributed by atoms with E-state index in [1.165, 1.54) is 0 Å². The molecule has 20 heavy (non-hydrogen) atoms. The highest BCUT2D eigenvalue weighted by Gasteiger charge is 2.55. The van der Waals surface area contributed by atoms with E-state index in [0.717, 1.165) is 17.3 Å². The van der Waals surface area contributed by atoms with Crippen molar-refractivity contribution in [2.45, 2.75) is 19.3 Å². The third-order valence-corrected chi connectivity index (χ3v) is 5.00. The van der Waals surface area contributed by atoms with Gasteiger partial charge in [0.15, 0.2) is 0 Å². The van der Waals surface area contributed by atoms with Crippen molar-refractivity contribution < 1.29 is 14.7 Å². The third-order valence-electron chi connectivity index (χ3n) is 4.53. The van der Waals surface area contributed by atoms with Crippen LogP contribution in [0, 0.1) is 11.3 Å². The molecule has 106 valence electrons. The highest BCUT2D eigenvalue weighted by Crippen LogP contribution is 2.49. The number of carboxylic acid groups (broad SMARTS) is 1. The SMILES string of the molecule is O=C(c1ccc(Br)cn1)N1C[C@@H]2CCC[C@@]2(C(=O)O)C1. The van der Waals surface area contributed by atoms with Gasteiger partial charge in [0.2, 0.25) is 0 Å². The first-order valence-electron chi connectivity index (χ1n) is 6.67. The van der Waals surface area contributed by atoms with Gasteiger partial charge in [-0.3, -0.25) is 9.59 Å². The number of amides is 1. The van der Waals surface area contributed by atoms with Gasteiger partial charge < -0.3 is 10.0 Å². The second-order valence-electron chi connectivity index (χ2n) is 5.60. The number of carbonyl (C=O) groups excluding carboxylic acids is 1. The lowest BCUT2D eigenvalue weighted by Crippen LogP contribution is -2.37. The van der Waals surface area contributed by atoms with Gasteiger partial charge in [0.1, 0.15) is 5.69 Å². The van der Waals surface area contributed by atoms with Crippen LogP contribution in [0.5, 0.6) is 0 Å². The minimum Gasteiger partial charge on any atom is -0.481 e. The molecule has 0 spiro atoms. The minimum absolute atomic E-state index is 0.0828. The van der Waals surface area contributed by atoms with E-state index in [1.807, 2.05) is 0 Å². The predicted octanol–water partition coefficient (Wildman–Crippen LogP) is 2.17. The molecule has 1 amide bonds. The normalized spacial score (nSPS) is 28.4. The molecule has 6 heteroatoms. The number of likely N-dealkylation sites (tertiary alicyclic amines) is 1. The molecule has 1 aliphatic carbocycles. The van der Waals surface area contributed by atoms with Crippen molar-refractivity contribution in [1.29, 1.82) is 0 Å². The Bertz CT molecular complexity index is 560. The van der Waals surface area contributed by atoms with Crippen LogP contribution >= 0.6 is 15.9 Å². The molecule has 0 unspecified atom stereocenters. The second kappa shape index (κ2) is 4.84. The van der Waals surface area contributed by atoms with E-state index in [4.69, 9.17) is 0 Å². The van der Waals surface area contributed by atoms with Crippen LogP contribution in [0.15, 0.2) is 22.8 Å². The molecule has 2 aliphatic rings. The average Bonchev–Trinajstić information content (AvgIpc) is 2.96. The summed E-state index contributed by atoms with van der Waals surface area (Å²) in [6.45, 7) is 0.840. The molecule has 5 nitrogen and oxygen atoms in total. The maximum absolute atomic E-state index is 12.4. The number of carbonyl (C=O) groups is 2. The summed E-state index contributed by atoms with van der Waals surface area (Å²) in [5.41, 5.74) is -0.362. The Kier molecular flexibility index (Phi) is 3.28. The number of fused-ring (bicyclic) bond motifs is 1. The molecule has 2 heterocycles. The molecule has 1 saturated carbocycles. The van der Waals surface area contributed by atoms with E-state index in [1.54, 1.807) is 23.2 Å². The van der Waals surface area contributed by atoms with Crippen molar-refractivity contribution >= 4 is 27.8 Å². The van der Waals surface area contributed by atoms with Gasteiger partial charge in [-0.1, -0.05) is 6.42 Å². The molecular weight excluding hydrogens is 324 g/mol. The maximum Gasteiger partial charge on any atom is 0.311 e. The Morgan fingerprint density at radius 2 is 2.25 bits per heavy atom. The average molecular weight is 339 g/mol. The number of aliphatic carboxylic acids is 1. The fraction of sp³-hybridized carbons (Fsp3) is 0.500. The smallest absolute Gasteiger partial charge is 0.311 e. The van der Waals surface area contributed by atoms with Crippen LogP contribution in [0.1, 0.15) is 29.8 Å². The summed E-state index contributed by atoms with van der Waals surface area (Å²) >= 11 is 3.28. The van der Waals surface area contributed by atoms with Crippen LogP contribution in [0.4, 0.5) is 0 Å². The standard InChI is InChI=1S/C14H15BrN2O3/c15-10-3-4-11(16-6-10)12(18)17-7-9-2-1-5-14(9,8-17)13(19)20/h3-4,6,9H,1-2,5,7-8H2,(H,19,20)/t9-,14+/m0/s1. The molecular formula is C14H15BrN2O3. The first kappa shape index (κ1) is 13.5. The van der Waals surface area contributed by atoms with Crippen LogP contribution in [-0.2, 0) is 4.79 Å². The summed E-state index contributed by atoms with van der Waals surface area (Å²) < 4.78 is 0.814. The molecule has 1 N–H and O–H groups in total. The largest absolute Gasteiger partial charge is 0.481 e. The summed E-state index contributed by atoms with van der Waals surface area (Å²) in [5.74, 6) is -0.856. The van der Waals surface area contributed by atoms with Gasteiger partial charge >= 0.3 is 5.97 Å². The summed E-state index contributed by atoms with van der Waals surface area (Å²) in [4.78, 5) is 29.7. The molecule has 3 rings (SSSR count). The highest BCUT2D eigenvalue weighted by atomic mass is 79.9. The van der Waals surface area contributed by atoms with Crippen molar-refractivity contribution in [1.82, 2.24) is 9.88 Å². The first-order chi connectivity index (χ1) is 9.53. The van der Waals surface area contributed by atoms with E-state index in [0.29, 0.717) is 25.2 Å². The maximum atomic E-state index is 12.4. The Balaban J connectivity index is 1.82. The van der Waals surface area contributed by atoms with Crippen molar-refractivity contribution in [2.75, 3.05) is 13.1 Å². The molecule has 2 fully saturated rings. The summed E-state index contributed by atoms with van der Waals surface area (Å²) in [6, 6.07) is 3.43. The zero-order valence-electron chi connectivity index (χ0n) is 10.9. The Morgan fingerprint density at radius 3 is 2.85 bits per heavy atom. The van der Waals surface area contributed by atoms with Gasteiger partial charge in [0.25, 0.3) is 5.91 Å². The molecule has 2 atom stereocenters. The Morgan fingerprint density at radius 1 is 1.45 bits per heavy atom. The van der Waals surface area contributed by atoms with Crippen LogP contribution in [0.3, 0.4) is 0 Å². The summed E-state index contributed by atoms with van der Waals surface area (Å²) in [5, 5.41) is 9.52. The van der Waals surface area contributed by atoms with Gasteiger partial charge in [-0.15, -0.1) is 0 Å². The third kappa shape index (κ3) is 2.02. The van der Waals surface area contributed by atoms with Crippen LogP contribution < -0.4 is 0 Å². The quantitative estimate of drug-likeness (QED) is 0.897. The van der Waals surface area contributed by atoms with Gasteiger partial charge in [-0.05, 0) is 46.8 Å². The predicted molar refractivity (Wildman–Crippen MR) is 75.3 cm³/mol. The molecule has 1 aliphatic heterocycles. The lowest BCUT2D eigenvalue weighted by molar-refractivity contribution is -0.149. The van der Waals surface area contributed by atoms with Crippen molar-refractivity contribution in [3.63, 3.8) is 0 Å². The Hall–Kier alpha value is -1.43. The van der Waals surface area contributed by atoms with E-state index >= 15 is 0 Å². The number of hydrogen-bond donors (Lipinski definition) is 1. The van der Waals surface area contributed by atoms with E-state index in [-0.39, 0.29) is 11.8 Å². The Labute approximate surface area is 125 Å². The summed E-state index contributed by atoms with van der Waals surface area (Å²) in [7, 11) is 0. The van der Waals surface area contributed by atoms with E-state index < -0.39 is 11.4 Å². The first-order valence-corrected chi connectivity index (χ1v) is 7.46. The lowest BCUT2D eigenvalue weighted by atomic mass is 9.81. The highest BCUT2D eigenvalue weighted by molar-refractivity contribution is 9.10. The molecule has 0 radical (unpaired) electrons. The monoisotopic (exact) mass is 338 g/mol. The number of halogens is 1. The number of nitrogens with zero attached hydrogens (tertiary/aromatic N) is 2. The van der Waals surface area contributed by atoms with Crippen molar-refractivity contribution in [2.24, 2.45) is 11.3 Å². The second-order valence-corrected chi connectivity index (χ2v) is 6.51. The van der Waals surface area contributed by atoms with Crippen molar-refractivity contribution in [3.8, 4) is 0 Å². The van der Waals surface area contributed by atoms with Crippen LogP contribution in [-0.4, -0.2) is 40.0 Å².